The summed E-state index contributed by atoms with van der Waals surface area (Å²) in [5.74, 6) is 0.697. The van der Waals surface area contributed by atoms with Gasteiger partial charge in [-0.15, -0.1) is 0 Å². The van der Waals surface area contributed by atoms with Gasteiger partial charge in [-0.25, -0.2) is 0 Å². The van der Waals surface area contributed by atoms with Gasteiger partial charge in [0.25, 0.3) is 0 Å². The van der Waals surface area contributed by atoms with Gasteiger partial charge in [0.15, 0.2) is 0 Å². The summed E-state index contributed by atoms with van der Waals surface area (Å²) in [6.07, 6.45) is 0. The first-order valence-corrected chi connectivity index (χ1v) is 7.36. The molecule has 1 fully saturated rings. The van der Waals surface area contributed by atoms with Crippen LogP contribution in [0.1, 0.15) is 12.5 Å². The smallest absolute Gasteiger partial charge is 0.0393 e. The number of para-hydroxylation sites is 1. The predicted molar refractivity (Wildman–Crippen MR) is 82.9 cm³/mol. The second-order valence-electron chi connectivity index (χ2n) is 5.82. The second-order valence-corrected chi connectivity index (χ2v) is 5.82. The minimum atomic E-state index is 0.697. The van der Waals surface area contributed by atoms with E-state index in [-0.39, 0.29) is 0 Å². The Morgan fingerprint density at radius 3 is 2.63 bits per heavy atom. The monoisotopic (exact) mass is 261 g/mol. The summed E-state index contributed by atoms with van der Waals surface area (Å²) in [7, 11) is 2.20. The molecule has 0 radical (unpaired) electrons. The topological polar surface area (TPSA) is 18.5 Å². The minimum absolute atomic E-state index is 0.697. The fourth-order valence-corrected chi connectivity index (χ4v) is 2.95. The zero-order chi connectivity index (χ0) is 13.7. The molecule has 1 saturated heterocycles. The SMILES string of the molecule is Cc1ccccc1N(C)CC(C)CN1CCNCC1. The first-order valence-electron chi connectivity index (χ1n) is 7.36. The molecular formula is C16H27N3. The third-order valence-electron chi connectivity index (χ3n) is 3.89. The summed E-state index contributed by atoms with van der Waals surface area (Å²) < 4.78 is 0. The van der Waals surface area contributed by atoms with Crippen molar-refractivity contribution >= 4 is 5.69 Å². The Bertz CT molecular complexity index is 385. The van der Waals surface area contributed by atoms with Crippen LogP contribution in [0.3, 0.4) is 0 Å². The molecule has 0 spiro atoms. The first kappa shape index (κ1) is 14.4. The van der Waals surface area contributed by atoms with E-state index < -0.39 is 0 Å². The van der Waals surface area contributed by atoms with Crippen LogP contribution in [0.15, 0.2) is 24.3 Å². The van der Waals surface area contributed by atoms with Gasteiger partial charge in [0.2, 0.25) is 0 Å². The number of aryl methyl sites for hydroxylation is 1. The highest BCUT2D eigenvalue weighted by Gasteiger charge is 2.15. The molecule has 1 aliphatic heterocycles. The van der Waals surface area contributed by atoms with Gasteiger partial charge in [0.1, 0.15) is 0 Å². The van der Waals surface area contributed by atoms with E-state index in [4.69, 9.17) is 0 Å². The van der Waals surface area contributed by atoms with Crippen molar-refractivity contribution in [1.29, 1.82) is 0 Å². The van der Waals surface area contributed by atoms with E-state index >= 15 is 0 Å². The van der Waals surface area contributed by atoms with Crippen LogP contribution in [0.2, 0.25) is 0 Å². The van der Waals surface area contributed by atoms with E-state index in [1.54, 1.807) is 0 Å². The molecule has 0 aromatic heterocycles. The van der Waals surface area contributed by atoms with Crippen LogP contribution >= 0.6 is 0 Å². The molecule has 1 atom stereocenters. The third kappa shape index (κ3) is 4.22. The molecule has 0 bridgehead atoms. The fraction of sp³-hybridized carbons (Fsp3) is 0.625. The van der Waals surface area contributed by atoms with Crippen molar-refractivity contribution in [1.82, 2.24) is 10.2 Å². The van der Waals surface area contributed by atoms with Crippen LogP contribution < -0.4 is 10.2 Å². The minimum Gasteiger partial charge on any atom is -0.374 e. The molecule has 106 valence electrons. The lowest BCUT2D eigenvalue weighted by Crippen LogP contribution is -2.46. The van der Waals surface area contributed by atoms with Crippen LogP contribution in [-0.2, 0) is 0 Å². The van der Waals surface area contributed by atoms with Crippen molar-refractivity contribution in [2.24, 2.45) is 5.92 Å². The number of piperazine rings is 1. The Morgan fingerprint density at radius 2 is 1.95 bits per heavy atom. The summed E-state index contributed by atoms with van der Waals surface area (Å²) in [6, 6.07) is 8.64. The number of nitrogens with one attached hydrogen (secondary N) is 1. The van der Waals surface area contributed by atoms with Crippen molar-refractivity contribution in [3.63, 3.8) is 0 Å². The highest BCUT2D eigenvalue weighted by molar-refractivity contribution is 5.52. The second kappa shape index (κ2) is 6.92. The number of benzene rings is 1. The lowest BCUT2D eigenvalue weighted by molar-refractivity contribution is 0.213. The standard InChI is InChI=1S/C16H27N3/c1-14(13-19-10-8-17-9-11-19)12-18(3)16-7-5-4-6-15(16)2/h4-7,14,17H,8-13H2,1-3H3. The van der Waals surface area contributed by atoms with Crippen molar-refractivity contribution in [3.05, 3.63) is 29.8 Å². The first-order chi connectivity index (χ1) is 9.16. The number of hydrogen-bond acceptors (Lipinski definition) is 3. The average Bonchev–Trinajstić information content (AvgIpc) is 2.40. The quantitative estimate of drug-likeness (QED) is 0.874. The lowest BCUT2D eigenvalue weighted by Gasteiger charge is -2.32. The Kier molecular flexibility index (Phi) is 5.23. The Morgan fingerprint density at radius 1 is 1.26 bits per heavy atom. The van der Waals surface area contributed by atoms with Gasteiger partial charge < -0.3 is 15.1 Å². The van der Waals surface area contributed by atoms with Crippen molar-refractivity contribution < 1.29 is 0 Å². The highest BCUT2D eigenvalue weighted by atomic mass is 15.2. The number of nitrogens with zero attached hydrogens (tertiary/aromatic N) is 2. The Labute approximate surface area is 117 Å². The molecule has 0 aliphatic carbocycles. The van der Waals surface area contributed by atoms with Crippen LogP contribution in [0, 0.1) is 12.8 Å². The maximum Gasteiger partial charge on any atom is 0.0393 e. The molecule has 1 unspecified atom stereocenters. The lowest BCUT2D eigenvalue weighted by atomic mass is 10.1. The summed E-state index contributed by atoms with van der Waals surface area (Å²) in [5.41, 5.74) is 2.72. The van der Waals surface area contributed by atoms with Crippen LogP contribution in [-0.4, -0.2) is 51.2 Å². The van der Waals surface area contributed by atoms with Gasteiger partial charge >= 0.3 is 0 Å². The number of hydrogen-bond donors (Lipinski definition) is 1. The van der Waals surface area contributed by atoms with Gasteiger partial charge in [0.05, 0.1) is 0 Å². The predicted octanol–water partition coefficient (Wildman–Crippen LogP) is 1.97. The highest BCUT2D eigenvalue weighted by Crippen LogP contribution is 2.19. The summed E-state index contributed by atoms with van der Waals surface area (Å²) in [6.45, 7) is 11.5. The fourth-order valence-electron chi connectivity index (χ4n) is 2.95. The van der Waals surface area contributed by atoms with E-state index in [1.807, 2.05) is 0 Å². The molecule has 1 aromatic carbocycles. The number of anilines is 1. The van der Waals surface area contributed by atoms with Gasteiger partial charge in [0, 0.05) is 52.0 Å². The van der Waals surface area contributed by atoms with Gasteiger partial charge in [-0.05, 0) is 24.5 Å². The molecule has 1 N–H and O–H groups in total. The molecule has 0 amide bonds. The maximum absolute atomic E-state index is 3.41. The summed E-state index contributed by atoms with van der Waals surface area (Å²) in [5, 5.41) is 3.41. The van der Waals surface area contributed by atoms with Crippen molar-refractivity contribution in [3.8, 4) is 0 Å². The molecule has 3 heteroatoms. The van der Waals surface area contributed by atoms with Crippen molar-refractivity contribution in [2.45, 2.75) is 13.8 Å². The summed E-state index contributed by atoms with van der Waals surface area (Å²) >= 11 is 0. The molecule has 2 rings (SSSR count). The third-order valence-corrected chi connectivity index (χ3v) is 3.89. The van der Waals surface area contributed by atoms with Gasteiger partial charge in [-0.3, -0.25) is 0 Å². The molecule has 3 nitrogen and oxygen atoms in total. The van der Waals surface area contributed by atoms with E-state index in [2.05, 4.69) is 60.3 Å². The number of rotatable bonds is 5. The van der Waals surface area contributed by atoms with E-state index in [0.29, 0.717) is 5.92 Å². The maximum atomic E-state index is 3.41. The van der Waals surface area contributed by atoms with E-state index in [9.17, 15) is 0 Å². The normalized spacial score (nSPS) is 18.3. The molecular weight excluding hydrogens is 234 g/mol. The molecule has 1 aliphatic rings. The zero-order valence-corrected chi connectivity index (χ0v) is 12.5. The van der Waals surface area contributed by atoms with Crippen LogP contribution in [0.5, 0.6) is 0 Å². The van der Waals surface area contributed by atoms with Crippen LogP contribution in [0.4, 0.5) is 5.69 Å². The van der Waals surface area contributed by atoms with Crippen molar-refractivity contribution in [2.75, 3.05) is 51.2 Å². The molecule has 0 saturated carbocycles. The largest absolute Gasteiger partial charge is 0.374 e. The Balaban J connectivity index is 1.84. The average molecular weight is 261 g/mol. The van der Waals surface area contributed by atoms with Crippen LogP contribution in [0.25, 0.3) is 0 Å². The molecule has 1 heterocycles. The summed E-state index contributed by atoms with van der Waals surface area (Å²) in [4.78, 5) is 4.97. The van der Waals surface area contributed by atoms with E-state index in [1.165, 1.54) is 30.9 Å². The zero-order valence-electron chi connectivity index (χ0n) is 12.5. The van der Waals surface area contributed by atoms with Gasteiger partial charge in [-0.1, -0.05) is 25.1 Å². The molecule has 1 aromatic rings. The van der Waals surface area contributed by atoms with E-state index in [0.717, 1.165) is 19.6 Å². The van der Waals surface area contributed by atoms with Gasteiger partial charge in [-0.2, -0.15) is 0 Å². The Hall–Kier alpha value is -1.06. The molecule has 19 heavy (non-hydrogen) atoms.